The summed E-state index contributed by atoms with van der Waals surface area (Å²) in [5.41, 5.74) is 3.60. The summed E-state index contributed by atoms with van der Waals surface area (Å²) in [5, 5.41) is 11.3. The molecule has 4 saturated carbocycles. The van der Waals surface area contributed by atoms with Crippen LogP contribution in [-0.4, -0.2) is 13.4 Å². The maximum Gasteiger partial charge on any atom is 0.250 e. The summed E-state index contributed by atoms with van der Waals surface area (Å²) < 4.78 is 7.04. The fourth-order valence-electron chi connectivity index (χ4n) is 6.93. The van der Waals surface area contributed by atoms with Gasteiger partial charge in [-0.1, -0.05) is 63.2 Å². The first-order chi connectivity index (χ1) is 15.1. The molecule has 0 amide bonds. The Morgan fingerprint density at radius 3 is 1.97 bits per heavy atom. The van der Waals surface area contributed by atoms with Crippen LogP contribution in [-0.2, 0) is 5.41 Å². The van der Waals surface area contributed by atoms with Gasteiger partial charge < -0.3 is 9.53 Å². The Morgan fingerprint density at radius 2 is 1.44 bits per heavy atom. The third kappa shape index (κ3) is 3.86. The van der Waals surface area contributed by atoms with Gasteiger partial charge in [-0.2, -0.15) is 0 Å². The molecule has 4 bridgehead atoms. The molecular formula is C29H40O2Si. The number of hydrogen-bond donors (Lipinski definition) is 1. The maximum atomic E-state index is 11.2. The van der Waals surface area contributed by atoms with Gasteiger partial charge in [0, 0.05) is 0 Å². The number of hydrogen-bond acceptors (Lipinski definition) is 2. The molecule has 32 heavy (non-hydrogen) atoms. The van der Waals surface area contributed by atoms with Crippen molar-refractivity contribution < 1.29 is 9.53 Å². The van der Waals surface area contributed by atoms with Crippen molar-refractivity contribution >= 4 is 8.32 Å². The predicted molar refractivity (Wildman–Crippen MR) is 135 cm³/mol. The highest BCUT2D eigenvalue weighted by Crippen LogP contribution is 2.62. The highest BCUT2D eigenvalue weighted by molar-refractivity contribution is 6.74. The lowest BCUT2D eigenvalue weighted by molar-refractivity contribution is -0.00589. The second-order valence-electron chi connectivity index (χ2n) is 12.6. The molecule has 2 aromatic carbocycles. The molecule has 4 aliphatic carbocycles. The van der Waals surface area contributed by atoms with Crippen molar-refractivity contribution in [2.24, 2.45) is 17.8 Å². The molecule has 3 heteroatoms. The third-order valence-corrected chi connectivity index (χ3v) is 13.6. The predicted octanol–water partition coefficient (Wildman–Crippen LogP) is 7.62. The van der Waals surface area contributed by atoms with E-state index in [0.29, 0.717) is 0 Å². The van der Waals surface area contributed by atoms with Crippen LogP contribution < -0.4 is 4.43 Å². The fraction of sp³-hybridized carbons (Fsp3) is 0.586. The Labute approximate surface area is 195 Å². The van der Waals surface area contributed by atoms with Crippen molar-refractivity contribution in [2.45, 2.75) is 88.9 Å². The molecule has 0 saturated heterocycles. The second-order valence-corrected chi connectivity index (χ2v) is 17.4. The molecule has 0 heterocycles. The van der Waals surface area contributed by atoms with Gasteiger partial charge in [0.2, 0.25) is 8.32 Å². The summed E-state index contributed by atoms with van der Waals surface area (Å²) in [7, 11) is -2.01. The van der Waals surface area contributed by atoms with Crippen LogP contribution in [0.2, 0.25) is 18.1 Å². The van der Waals surface area contributed by atoms with E-state index in [9.17, 15) is 5.11 Å². The van der Waals surface area contributed by atoms with Crippen LogP contribution in [0.3, 0.4) is 0 Å². The number of aliphatic hydroxyl groups is 1. The van der Waals surface area contributed by atoms with Crippen LogP contribution >= 0.6 is 0 Å². The standard InChI is InChI=1S/C29H40O2Si/c1-28(2,3)32(4,5)31-26-16-24(27(30)23-9-7-6-8-10-23)11-12-25(26)29-17-20-13-21(18-29)15-22(14-20)19-29/h6-12,16,20-22,27,30H,13-15,17-19H2,1-5H3. The second kappa shape index (κ2) is 7.74. The monoisotopic (exact) mass is 448 g/mol. The molecule has 0 aliphatic heterocycles. The summed E-state index contributed by atoms with van der Waals surface area (Å²) in [6, 6.07) is 16.7. The maximum absolute atomic E-state index is 11.2. The van der Waals surface area contributed by atoms with Crippen LogP contribution in [0, 0.1) is 17.8 Å². The lowest BCUT2D eigenvalue weighted by atomic mass is 9.48. The van der Waals surface area contributed by atoms with Crippen molar-refractivity contribution in [3.8, 4) is 5.75 Å². The fourth-order valence-corrected chi connectivity index (χ4v) is 7.95. The van der Waals surface area contributed by atoms with Crippen LogP contribution in [0.5, 0.6) is 5.75 Å². The van der Waals surface area contributed by atoms with Crippen molar-refractivity contribution in [3.05, 3.63) is 65.2 Å². The zero-order valence-electron chi connectivity index (χ0n) is 20.5. The van der Waals surface area contributed by atoms with E-state index >= 15 is 0 Å². The first-order valence-corrected chi connectivity index (χ1v) is 15.5. The van der Waals surface area contributed by atoms with E-state index in [0.717, 1.165) is 34.6 Å². The van der Waals surface area contributed by atoms with E-state index in [4.69, 9.17) is 4.43 Å². The van der Waals surface area contributed by atoms with Crippen molar-refractivity contribution in [1.29, 1.82) is 0 Å². The molecule has 0 spiro atoms. The van der Waals surface area contributed by atoms with Gasteiger partial charge in [0.05, 0.1) is 0 Å². The Balaban J connectivity index is 1.57. The summed E-state index contributed by atoms with van der Waals surface area (Å²) in [5.74, 6) is 3.76. The number of aliphatic hydroxyl groups excluding tert-OH is 1. The molecule has 4 fully saturated rings. The van der Waals surface area contributed by atoms with Crippen LogP contribution in [0.15, 0.2) is 48.5 Å². The zero-order chi connectivity index (χ0) is 22.7. The van der Waals surface area contributed by atoms with E-state index in [1.807, 2.05) is 30.3 Å². The molecule has 1 N–H and O–H groups in total. The molecule has 172 valence electrons. The minimum atomic E-state index is -2.01. The molecule has 2 aromatic rings. The van der Waals surface area contributed by atoms with E-state index in [-0.39, 0.29) is 10.5 Å². The van der Waals surface area contributed by atoms with E-state index in [2.05, 4.69) is 52.1 Å². The smallest absolute Gasteiger partial charge is 0.250 e. The first kappa shape index (κ1) is 22.2. The van der Waals surface area contributed by atoms with Gasteiger partial charge in [-0.15, -0.1) is 0 Å². The van der Waals surface area contributed by atoms with Gasteiger partial charge in [-0.05, 0) is 103 Å². The molecule has 2 nitrogen and oxygen atoms in total. The molecule has 1 unspecified atom stereocenters. The van der Waals surface area contributed by atoms with E-state index < -0.39 is 14.4 Å². The molecular weight excluding hydrogens is 408 g/mol. The molecule has 0 aromatic heterocycles. The van der Waals surface area contributed by atoms with Crippen LogP contribution in [0.1, 0.15) is 82.1 Å². The van der Waals surface area contributed by atoms with Crippen molar-refractivity contribution in [1.82, 2.24) is 0 Å². The van der Waals surface area contributed by atoms with E-state index in [1.165, 1.54) is 44.1 Å². The Morgan fingerprint density at radius 1 is 0.875 bits per heavy atom. The average molecular weight is 449 g/mol. The summed E-state index contributed by atoms with van der Waals surface area (Å²) >= 11 is 0. The Hall–Kier alpha value is -1.58. The van der Waals surface area contributed by atoms with Crippen molar-refractivity contribution in [3.63, 3.8) is 0 Å². The number of benzene rings is 2. The number of rotatable bonds is 5. The van der Waals surface area contributed by atoms with Gasteiger partial charge in [-0.25, -0.2) is 0 Å². The van der Waals surface area contributed by atoms with Gasteiger partial charge >= 0.3 is 0 Å². The lowest BCUT2D eigenvalue weighted by Crippen LogP contribution is -2.49. The summed E-state index contributed by atoms with van der Waals surface area (Å²) in [4.78, 5) is 0. The SMILES string of the molecule is CC(C)(C)[Si](C)(C)Oc1cc(C(O)c2ccccc2)ccc1C12CC3CC(CC(C3)C1)C2. The van der Waals surface area contributed by atoms with Gasteiger partial charge in [0.25, 0.3) is 0 Å². The molecule has 4 aliphatic rings. The van der Waals surface area contributed by atoms with Crippen LogP contribution in [0.25, 0.3) is 0 Å². The topological polar surface area (TPSA) is 29.5 Å². The van der Waals surface area contributed by atoms with Crippen LogP contribution in [0.4, 0.5) is 0 Å². The summed E-state index contributed by atoms with van der Waals surface area (Å²) in [6.45, 7) is 11.6. The van der Waals surface area contributed by atoms with Gasteiger partial charge in [0.1, 0.15) is 11.9 Å². The molecule has 1 atom stereocenters. The normalized spacial score (nSPS) is 30.4. The quantitative estimate of drug-likeness (QED) is 0.477. The average Bonchev–Trinajstić information content (AvgIpc) is 2.71. The first-order valence-electron chi connectivity index (χ1n) is 12.6. The van der Waals surface area contributed by atoms with Gasteiger partial charge in [-0.3, -0.25) is 0 Å². The minimum absolute atomic E-state index is 0.139. The zero-order valence-corrected chi connectivity index (χ0v) is 21.5. The third-order valence-electron chi connectivity index (χ3n) is 9.22. The van der Waals surface area contributed by atoms with Crippen molar-refractivity contribution in [2.75, 3.05) is 0 Å². The molecule has 6 rings (SSSR count). The lowest BCUT2D eigenvalue weighted by Gasteiger charge is -2.57. The largest absolute Gasteiger partial charge is 0.543 e. The Bertz CT molecular complexity index is 937. The molecule has 0 radical (unpaired) electrons. The van der Waals surface area contributed by atoms with Gasteiger partial charge in [0.15, 0.2) is 0 Å². The Kier molecular flexibility index (Phi) is 5.37. The highest BCUT2D eigenvalue weighted by atomic mass is 28.4. The summed E-state index contributed by atoms with van der Waals surface area (Å²) in [6.07, 6.45) is 7.70. The highest BCUT2D eigenvalue weighted by Gasteiger charge is 2.53. The van der Waals surface area contributed by atoms with E-state index in [1.54, 1.807) is 0 Å². The minimum Gasteiger partial charge on any atom is -0.543 e.